The summed E-state index contributed by atoms with van der Waals surface area (Å²) < 4.78 is 13.7. The molecule has 0 amide bonds. The SMILES string of the molecule is CC(C)(C)[Si](OC1[C@H]2CCCN1C[C@H](OCCCO)C2)(c1ccccc1)c1ccccc1. The van der Waals surface area contributed by atoms with Crippen LogP contribution in [-0.2, 0) is 9.16 Å². The number of piperidine rings is 2. The summed E-state index contributed by atoms with van der Waals surface area (Å²) in [6, 6.07) is 21.9. The van der Waals surface area contributed by atoms with Crippen molar-refractivity contribution in [1.29, 1.82) is 0 Å². The van der Waals surface area contributed by atoms with Gasteiger partial charge in [-0.25, -0.2) is 0 Å². The Labute approximate surface area is 194 Å². The average Bonchev–Trinajstić information content (AvgIpc) is 2.78. The van der Waals surface area contributed by atoms with Gasteiger partial charge in [0, 0.05) is 32.2 Å². The molecule has 2 aromatic carbocycles. The summed E-state index contributed by atoms with van der Waals surface area (Å²) in [5.74, 6) is 0.485. The number of aliphatic hydroxyl groups is 1. The van der Waals surface area contributed by atoms with Crippen LogP contribution in [0.5, 0.6) is 0 Å². The van der Waals surface area contributed by atoms with E-state index in [0.717, 1.165) is 19.5 Å². The molecule has 1 N–H and O–H groups in total. The normalized spacial score (nSPS) is 26.1. The van der Waals surface area contributed by atoms with Crippen molar-refractivity contribution in [3.05, 3.63) is 60.7 Å². The lowest BCUT2D eigenvalue weighted by Gasteiger charge is -2.53. The maximum atomic E-state index is 9.11. The largest absolute Gasteiger partial charge is 0.396 e. The van der Waals surface area contributed by atoms with Crippen molar-refractivity contribution in [2.75, 3.05) is 26.3 Å². The number of ether oxygens (including phenoxy) is 1. The molecular formula is C27H39NO3Si. The van der Waals surface area contributed by atoms with Gasteiger partial charge in [0.05, 0.1) is 6.10 Å². The Morgan fingerprint density at radius 3 is 2.16 bits per heavy atom. The van der Waals surface area contributed by atoms with Crippen LogP contribution < -0.4 is 10.4 Å². The van der Waals surface area contributed by atoms with Crippen molar-refractivity contribution in [3.8, 4) is 0 Å². The van der Waals surface area contributed by atoms with E-state index in [2.05, 4.69) is 86.3 Å². The molecule has 2 heterocycles. The minimum Gasteiger partial charge on any atom is -0.396 e. The first-order valence-corrected chi connectivity index (χ1v) is 14.1. The number of hydrogen-bond donors (Lipinski definition) is 1. The lowest BCUT2D eigenvalue weighted by atomic mass is 9.86. The highest BCUT2D eigenvalue weighted by molar-refractivity contribution is 6.99. The minimum absolute atomic E-state index is 0.0143. The van der Waals surface area contributed by atoms with Gasteiger partial charge < -0.3 is 14.3 Å². The quantitative estimate of drug-likeness (QED) is 0.488. The molecule has 0 aliphatic carbocycles. The second-order valence-corrected chi connectivity index (χ2v) is 14.6. The predicted octanol–water partition coefficient (Wildman–Crippen LogP) is 3.77. The molecule has 2 fully saturated rings. The standard InChI is InChI=1S/C27H39NO3Si/c1-27(2,3)32(24-13-6-4-7-14-24,25-15-8-5-9-16-25)31-26-22-12-10-17-28(26)21-23(20-22)30-19-11-18-29/h4-9,13-16,22-23,26,29H,10-12,17-21H2,1-3H3/t22-,23+,26?/m0/s1. The first-order chi connectivity index (χ1) is 15.5. The lowest BCUT2D eigenvalue weighted by Crippen LogP contribution is -2.71. The average molecular weight is 454 g/mol. The van der Waals surface area contributed by atoms with Crippen molar-refractivity contribution in [2.24, 2.45) is 5.92 Å². The number of hydrogen-bond acceptors (Lipinski definition) is 4. The fraction of sp³-hybridized carbons (Fsp3) is 0.556. The van der Waals surface area contributed by atoms with Crippen molar-refractivity contribution in [1.82, 2.24) is 4.90 Å². The number of rotatable bonds is 8. The molecule has 0 aromatic heterocycles. The Hall–Kier alpha value is -1.50. The van der Waals surface area contributed by atoms with Crippen molar-refractivity contribution in [2.45, 2.75) is 63.8 Å². The van der Waals surface area contributed by atoms with Crippen LogP contribution >= 0.6 is 0 Å². The summed E-state index contributed by atoms with van der Waals surface area (Å²) in [7, 11) is -2.57. The third-order valence-electron chi connectivity index (χ3n) is 7.16. The first-order valence-electron chi connectivity index (χ1n) is 12.2. The van der Waals surface area contributed by atoms with E-state index in [0.29, 0.717) is 18.9 Å². The molecule has 4 nitrogen and oxygen atoms in total. The van der Waals surface area contributed by atoms with E-state index < -0.39 is 8.32 Å². The Kier molecular flexibility index (Phi) is 7.53. The van der Waals surface area contributed by atoms with Crippen LogP contribution in [-0.4, -0.2) is 57.0 Å². The molecule has 2 aliphatic heterocycles. The van der Waals surface area contributed by atoms with Crippen LogP contribution in [0.4, 0.5) is 0 Å². The summed E-state index contributed by atoms with van der Waals surface area (Å²) >= 11 is 0. The lowest BCUT2D eigenvalue weighted by molar-refractivity contribution is -0.131. The molecule has 0 radical (unpaired) electrons. The minimum atomic E-state index is -2.57. The van der Waals surface area contributed by atoms with Gasteiger partial charge in [0.1, 0.15) is 6.23 Å². The number of benzene rings is 2. The fourth-order valence-corrected chi connectivity index (χ4v) is 10.4. The molecule has 2 unspecified atom stereocenters. The van der Waals surface area contributed by atoms with Crippen LogP contribution in [0.25, 0.3) is 0 Å². The van der Waals surface area contributed by atoms with Gasteiger partial charge in [0.2, 0.25) is 0 Å². The molecule has 2 saturated heterocycles. The van der Waals surface area contributed by atoms with E-state index in [1.54, 1.807) is 0 Å². The molecule has 5 heteroatoms. The molecule has 2 aliphatic rings. The van der Waals surface area contributed by atoms with Gasteiger partial charge in [-0.1, -0.05) is 81.4 Å². The van der Waals surface area contributed by atoms with Gasteiger partial charge in [0.15, 0.2) is 0 Å². The Balaban J connectivity index is 1.69. The molecule has 0 saturated carbocycles. The van der Waals surface area contributed by atoms with Crippen molar-refractivity contribution in [3.63, 3.8) is 0 Å². The van der Waals surface area contributed by atoms with Crippen LogP contribution in [0.2, 0.25) is 5.04 Å². The molecule has 2 aromatic rings. The second kappa shape index (κ2) is 10.2. The number of aliphatic hydroxyl groups excluding tert-OH is 1. The van der Waals surface area contributed by atoms with Gasteiger partial charge in [-0.05, 0) is 41.1 Å². The van der Waals surface area contributed by atoms with E-state index in [1.165, 1.54) is 23.2 Å². The van der Waals surface area contributed by atoms with Gasteiger partial charge in [0.25, 0.3) is 8.32 Å². The number of fused-ring (bicyclic) bond motifs is 2. The van der Waals surface area contributed by atoms with Gasteiger partial charge >= 0.3 is 0 Å². The predicted molar refractivity (Wildman–Crippen MR) is 133 cm³/mol. The maximum Gasteiger partial charge on any atom is 0.263 e. The topological polar surface area (TPSA) is 41.9 Å². The Morgan fingerprint density at radius 2 is 1.62 bits per heavy atom. The summed E-state index contributed by atoms with van der Waals surface area (Å²) in [5, 5.41) is 11.8. The zero-order valence-electron chi connectivity index (χ0n) is 19.9. The second-order valence-electron chi connectivity index (χ2n) is 10.4. The summed E-state index contributed by atoms with van der Waals surface area (Å²) in [6.45, 7) is 9.89. The third kappa shape index (κ3) is 4.73. The Morgan fingerprint density at radius 1 is 1.00 bits per heavy atom. The Bertz CT molecular complexity index is 785. The molecule has 4 rings (SSSR count). The third-order valence-corrected chi connectivity index (χ3v) is 12.2. The van der Waals surface area contributed by atoms with E-state index in [-0.39, 0.29) is 24.0 Å². The van der Waals surface area contributed by atoms with Crippen LogP contribution in [0.3, 0.4) is 0 Å². The van der Waals surface area contributed by atoms with E-state index >= 15 is 0 Å². The van der Waals surface area contributed by atoms with Crippen LogP contribution in [0, 0.1) is 5.92 Å². The molecule has 174 valence electrons. The van der Waals surface area contributed by atoms with Crippen LogP contribution in [0.1, 0.15) is 46.5 Å². The van der Waals surface area contributed by atoms with Crippen molar-refractivity contribution < 1.29 is 14.3 Å². The van der Waals surface area contributed by atoms with Gasteiger partial charge in [-0.2, -0.15) is 0 Å². The molecule has 2 bridgehead atoms. The monoisotopic (exact) mass is 453 g/mol. The number of nitrogens with zero attached hydrogens (tertiary/aromatic N) is 1. The highest BCUT2D eigenvalue weighted by atomic mass is 28.4. The molecule has 4 atom stereocenters. The zero-order valence-corrected chi connectivity index (χ0v) is 20.9. The highest BCUT2D eigenvalue weighted by Crippen LogP contribution is 2.42. The fourth-order valence-electron chi connectivity index (χ4n) is 5.71. The van der Waals surface area contributed by atoms with E-state index in [4.69, 9.17) is 14.3 Å². The van der Waals surface area contributed by atoms with E-state index in [1.807, 2.05) is 0 Å². The van der Waals surface area contributed by atoms with E-state index in [9.17, 15) is 0 Å². The first kappa shape index (κ1) is 23.6. The smallest absolute Gasteiger partial charge is 0.263 e. The summed E-state index contributed by atoms with van der Waals surface area (Å²) in [6.07, 6.45) is 4.56. The molecule has 32 heavy (non-hydrogen) atoms. The summed E-state index contributed by atoms with van der Waals surface area (Å²) in [5.41, 5.74) is 0. The van der Waals surface area contributed by atoms with Gasteiger partial charge in [-0.15, -0.1) is 0 Å². The molecular weight excluding hydrogens is 414 g/mol. The zero-order chi connectivity index (χ0) is 22.6. The van der Waals surface area contributed by atoms with Gasteiger partial charge in [-0.3, -0.25) is 4.90 Å². The van der Waals surface area contributed by atoms with Crippen molar-refractivity contribution >= 4 is 18.7 Å². The molecule has 0 spiro atoms. The summed E-state index contributed by atoms with van der Waals surface area (Å²) in [4.78, 5) is 2.54. The highest BCUT2D eigenvalue weighted by Gasteiger charge is 2.54. The maximum absolute atomic E-state index is 9.11. The van der Waals surface area contributed by atoms with Crippen LogP contribution in [0.15, 0.2) is 60.7 Å².